The first-order chi connectivity index (χ1) is 15.2. The number of amides is 1. The zero-order valence-corrected chi connectivity index (χ0v) is 18.6. The lowest BCUT2D eigenvalue weighted by molar-refractivity contribution is 0.0253. The van der Waals surface area contributed by atoms with Gasteiger partial charge in [-0.15, -0.1) is 0 Å². The fourth-order valence-electron chi connectivity index (χ4n) is 5.41. The maximum absolute atomic E-state index is 13.4. The van der Waals surface area contributed by atoms with Crippen molar-refractivity contribution in [2.45, 2.75) is 37.2 Å². The Kier molecular flexibility index (Phi) is 5.05. The Morgan fingerprint density at radius 2 is 1.94 bits per heavy atom. The standard InChI is InChI=1S/C22H24ClFN6O2/c1-29-10-25-18(19(29)20(31)27-15-3-4-17(24)16(23)7-15)12-5-13-8-22(32,9-14(13)6-12)21-26-11-30(2)28-21/h3-4,7,10-14,32H,5-6,8-9H2,1-2H3,(H,27,31). The number of carbonyl (C=O) groups is 1. The average Bonchev–Trinajstić information content (AvgIpc) is 3.48. The first-order valence-corrected chi connectivity index (χ1v) is 11.0. The molecule has 2 fully saturated rings. The molecule has 2 aliphatic rings. The molecule has 168 valence electrons. The molecule has 10 heteroatoms. The zero-order chi connectivity index (χ0) is 22.6. The van der Waals surface area contributed by atoms with Gasteiger partial charge in [0.2, 0.25) is 0 Å². The summed E-state index contributed by atoms with van der Waals surface area (Å²) in [5.41, 5.74) is 0.669. The van der Waals surface area contributed by atoms with E-state index in [1.807, 2.05) is 0 Å². The summed E-state index contributed by atoms with van der Waals surface area (Å²) in [6, 6.07) is 4.08. The smallest absolute Gasteiger partial charge is 0.274 e. The highest BCUT2D eigenvalue weighted by molar-refractivity contribution is 6.31. The van der Waals surface area contributed by atoms with Crippen LogP contribution in [0.1, 0.15) is 53.6 Å². The maximum atomic E-state index is 13.4. The van der Waals surface area contributed by atoms with Crippen molar-refractivity contribution >= 4 is 23.2 Å². The Bertz CT molecular complexity index is 1180. The fourth-order valence-corrected chi connectivity index (χ4v) is 5.59. The number of hydrogen-bond donors (Lipinski definition) is 2. The SMILES string of the molecule is Cn1cnc(C2(O)CC3CC(c4ncn(C)c4C(=O)Nc4ccc(F)c(Cl)c4)CC3C2)n1. The van der Waals surface area contributed by atoms with E-state index in [0.717, 1.165) is 18.5 Å². The van der Waals surface area contributed by atoms with Crippen LogP contribution in [0.5, 0.6) is 0 Å². The van der Waals surface area contributed by atoms with E-state index >= 15 is 0 Å². The first-order valence-electron chi connectivity index (χ1n) is 10.6. The normalized spacial score (nSPS) is 27.0. The third-order valence-electron chi connectivity index (χ3n) is 6.80. The molecule has 0 radical (unpaired) electrons. The van der Waals surface area contributed by atoms with Gasteiger partial charge in [0.1, 0.15) is 23.4 Å². The van der Waals surface area contributed by atoms with Gasteiger partial charge in [-0.3, -0.25) is 9.48 Å². The minimum atomic E-state index is -0.992. The van der Waals surface area contributed by atoms with Crippen LogP contribution < -0.4 is 5.32 Å². The van der Waals surface area contributed by atoms with Gasteiger partial charge in [-0.1, -0.05) is 11.6 Å². The van der Waals surface area contributed by atoms with Crippen LogP contribution in [0.3, 0.4) is 0 Å². The molecule has 0 saturated heterocycles. The van der Waals surface area contributed by atoms with Crippen LogP contribution in [0.2, 0.25) is 5.02 Å². The van der Waals surface area contributed by atoms with Crippen molar-refractivity contribution in [3.8, 4) is 0 Å². The fraction of sp³-hybridized carbons (Fsp3) is 0.455. The second-order valence-corrected chi connectivity index (χ2v) is 9.45. The molecule has 8 nitrogen and oxygen atoms in total. The number of aromatic nitrogens is 5. The van der Waals surface area contributed by atoms with E-state index < -0.39 is 11.4 Å². The largest absolute Gasteiger partial charge is 0.382 e. The number of hydrogen-bond acceptors (Lipinski definition) is 5. The molecule has 0 aliphatic heterocycles. The minimum absolute atomic E-state index is 0.0495. The summed E-state index contributed by atoms with van der Waals surface area (Å²) < 4.78 is 16.7. The summed E-state index contributed by atoms with van der Waals surface area (Å²) in [5.74, 6) is 0.412. The molecular formula is C22H24ClFN6O2. The summed E-state index contributed by atoms with van der Waals surface area (Å²) in [5, 5.41) is 18.2. The molecule has 0 bridgehead atoms. The van der Waals surface area contributed by atoms with E-state index in [2.05, 4.69) is 20.4 Å². The predicted octanol–water partition coefficient (Wildman–Crippen LogP) is 3.38. The summed E-state index contributed by atoms with van der Waals surface area (Å²) in [7, 11) is 3.57. The number of anilines is 1. The van der Waals surface area contributed by atoms with Crippen molar-refractivity contribution in [1.82, 2.24) is 24.3 Å². The van der Waals surface area contributed by atoms with Gasteiger partial charge in [-0.25, -0.2) is 14.4 Å². The van der Waals surface area contributed by atoms with Gasteiger partial charge in [-0.05, 0) is 55.7 Å². The quantitative estimate of drug-likeness (QED) is 0.624. The molecule has 2 saturated carbocycles. The highest BCUT2D eigenvalue weighted by Crippen LogP contribution is 2.56. The number of fused-ring (bicyclic) bond motifs is 1. The number of halogens is 2. The van der Waals surface area contributed by atoms with Crippen LogP contribution in [-0.4, -0.2) is 35.3 Å². The van der Waals surface area contributed by atoms with Crippen LogP contribution >= 0.6 is 11.6 Å². The molecule has 2 aromatic heterocycles. The van der Waals surface area contributed by atoms with E-state index in [0.29, 0.717) is 41.9 Å². The monoisotopic (exact) mass is 458 g/mol. The summed E-state index contributed by atoms with van der Waals surface area (Å²) >= 11 is 5.84. The van der Waals surface area contributed by atoms with Gasteiger partial charge in [0.15, 0.2) is 5.82 Å². The average molecular weight is 459 g/mol. The van der Waals surface area contributed by atoms with Crippen molar-refractivity contribution in [1.29, 1.82) is 0 Å². The second-order valence-electron chi connectivity index (χ2n) is 9.04. The maximum Gasteiger partial charge on any atom is 0.274 e. The lowest BCUT2D eigenvalue weighted by Crippen LogP contribution is -2.25. The Hall–Kier alpha value is -2.78. The van der Waals surface area contributed by atoms with Crippen LogP contribution in [-0.2, 0) is 19.7 Å². The van der Waals surface area contributed by atoms with Crippen molar-refractivity contribution < 1.29 is 14.3 Å². The third-order valence-corrected chi connectivity index (χ3v) is 7.09. The Labute approximate surface area is 189 Å². The Morgan fingerprint density at radius 1 is 1.22 bits per heavy atom. The molecule has 1 amide bonds. The van der Waals surface area contributed by atoms with Crippen molar-refractivity contribution in [3.63, 3.8) is 0 Å². The molecule has 2 unspecified atom stereocenters. The van der Waals surface area contributed by atoms with Crippen molar-refractivity contribution in [2.24, 2.45) is 25.9 Å². The van der Waals surface area contributed by atoms with Gasteiger partial charge in [0, 0.05) is 25.7 Å². The number of carbonyl (C=O) groups excluding carboxylic acids is 1. The Morgan fingerprint density at radius 3 is 2.56 bits per heavy atom. The van der Waals surface area contributed by atoms with Gasteiger partial charge in [0.05, 0.1) is 17.0 Å². The number of aryl methyl sites for hydroxylation is 2. The minimum Gasteiger partial charge on any atom is -0.382 e. The van der Waals surface area contributed by atoms with Gasteiger partial charge < -0.3 is 15.0 Å². The van der Waals surface area contributed by atoms with Crippen molar-refractivity contribution in [3.05, 3.63) is 58.9 Å². The lowest BCUT2D eigenvalue weighted by Gasteiger charge is -2.21. The van der Waals surface area contributed by atoms with Gasteiger partial charge in [0.25, 0.3) is 5.91 Å². The van der Waals surface area contributed by atoms with Crippen LogP contribution in [0.25, 0.3) is 0 Å². The number of imidazole rings is 1. The van der Waals surface area contributed by atoms with Crippen LogP contribution in [0, 0.1) is 17.7 Å². The number of benzene rings is 1. The molecule has 2 heterocycles. The molecule has 0 spiro atoms. The lowest BCUT2D eigenvalue weighted by atomic mass is 9.92. The molecule has 3 aromatic rings. The molecule has 2 atom stereocenters. The summed E-state index contributed by atoms with van der Waals surface area (Å²) in [6.45, 7) is 0. The molecule has 1 aromatic carbocycles. The van der Waals surface area contributed by atoms with Gasteiger partial charge in [-0.2, -0.15) is 5.10 Å². The highest BCUT2D eigenvalue weighted by Gasteiger charge is 2.52. The molecule has 32 heavy (non-hydrogen) atoms. The summed E-state index contributed by atoms with van der Waals surface area (Å²) in [4.78, 5) is 21.8. The Balaban J connectivity index is 1.32. The number of nitrogens with zero attached hydrogens (tertiary/aromatic N) is 5. The zero-order valence-electron chi connectivity index (χ0n) is 17.8. The van der Waals surface area contributed by atoms with E-state index in [4.69, 9.17) is 11.6 Å². The predicted molar refractivity (Wildman–Crippen MR) is 116 cm³/mol. The van der Waals surface area contributed by atoms with Crippen LogP contribution in [0.15, 0.2) is 30.9 Å². The van der Waals surface area contributed by atoms with E-state index in [-0.39, 0.29) is 16.8 Å². The second kappa shape index (κ2) is 7.67. The molecule has 2 aliphatic carbocycles. The van der Waals surface area contributed by atoms with E-state index in [1.165, 1.54) is 18.2 Å². The number of nitrogens with one attached hydrogen (secondary N) is 1. The van der Waals surface area contributed by atoms with Crippen molar-refractivity contribution in [2.75, 3.05) is 5.32 Å². The first kappa shape index (κ1) is 21.1. The van der Waals surface area contributed by atoms with Gasteiger partial charge >= 0.3 is 0 Å². The van der Waals surface area contributed by atoms with Crippen LogP contribution in [0.4, 0.5) is 10.1 Å². The van der Waals surface area contributed by atoms with E-state index in [9.17, 15) is 14.3 Å². The summed E-state index contributed by atoms with van der Waals surface area (Å²) in [6.07, 6.45) is 6.17. The van der Waals surface area contributed by atoms with E-state index in [1.54, 1.807) is 36.0 Å². The number of aliphatic hydroxyl groups is 1. The molecular weight excluding hydrogens is 435 g/mol. The molecule has 5 rings (SSSR count). The topological polar surface area (TPSA) is 97.9 Å². The highest BCUT2D eigenvalue weighted by atomic mass is 35.5. The number of rotatable bonds is 4. The third kappa shape index (κ3) is 3.59. The molecule has 2 N–H and O–H groups in total.